The van der Waals surface area contributed by atoms with Crippen LogP contribution in [0.4, 0.5) is 5.69 Å². The Balaban J connectivity index is 1.47. The average Bonchev–Trinajstić information content (AvgIpc) is 3.03. The van der Waals surface area contributed by atoms with Crippen LogP contribution in [0.1, 0.15) is 44.1 Å². The van der Waals surface area contributed by atoms with Crippen molar-refractivity contribution >= 4 is 23.5 Å². The second-order valence-electron chi connectivity index (χ2n) is 7.25. The molecule has 0 aromatic heterocycles. The first-order valence-corrected chi connectivity index (χ1v) is 9.36. The van der Waals surface area contributed by atoms with Crippen LogP contribution in [0.3, 0.4) is 0 Å². The number of nitrogens with one attached hydrogen (secondary N) is 1. The minimum atomic E-state index is -0.522. The van der Waals surface area contributed by atoms with Crippen LogP contribution < -0.4 is 10.2 Å². The fourth-order valence-electron chi connectivity index (χ4n) is 3.61. The van der Waals surface area contributed by atoms with E-state index in [0.717, 1.165) is 36.9 Å². The number of carbonyl (C=O) groups excluding carboxylic acids is 3. The summed E-state index contributed by atoms with van der Waals surface area (Å²) in [6.45, 7) is 2.00. The lowest BCUT2D eigenvalue weighted by molar-refractivity contribution is -0.152. The van der Waals surface area contributed by atoms with Crippen LogP contribution in [0.5, 0.6) is 0 Å². The molecular formula is C20H26N2O4. The summed E-state index contributed by atoms with van der Waals surface area (Å²) in [6, 6.07) is 7.81. The van der Waals surface area contributed by atoms with E-state index in [1.54, 1.807) is 4.90 Å². The van der Waals surface area contributed by atoms with Crippen molar-refractivity contribution in [3.63, 3.8) is 0 Å². The topological polar surface area (TPSA) is 75.7 Å². The molecule has 1 N–H and O–H groups in total. The molecule has 3 rings (SSSR count). The lowest BCUT2D eigenvalue weighted by atomic mass is 9.95. The van der Waals surface area contributed by atoms with Gasteiger partial charge in [0.15, 0.2) is 6.61 Å². The Morgan fingerprint density at radius 2 is 1.85 bits per heavy atom. The number of aryl methyl sites for hydroxylation is 1. The van der Waals surface area contributed by atoms with E-state index in [1.165, 1.54) is 6.42 Å². The first-order chi connectivity index (χ1) is 12.5. The molecule has 0 spiro atoms. The van der Waals surface area contributed by atoms with Gasteiger partial charge >= 0.3 is 5.97 Å². The molecule has 1 aliphatic heterocycles. The van der Waals surface area contributed by atoms with E-state index >= 15 is 0 Å². The molecule has 2 aliphatic rings. The minimum Gasteiger partial charge on any atom is -0.455 e. The second kappa shape index (κ2) is 8.34. The number of nitrogens with zero attached hydrogens (tertiary/aromatic N) is 1. The van der Waals surface area contributed by atoms with Crippen LogP contribution in [0, 0.1) is 12.8 Å². The van der Waals surface area contributed by atoms with E-state index in [-0.39, 0.29) is 30.9 Å². The van der Waals surface area contributed by atoms with Gasteiger partial charge in [-0.2, -0.15) is 0 Å². The zero-order chi connectivity index (χ0) is 18.5. The van der Waals surface area contributed by atoms with Gasteiger partial charge in [-0.1, -0.05) is 37.0 Å². The van der Waals surface area contributed by atoms with Crippen LogP contribution in [0.2, 0.25) is 0 Å². The molecule has 1 saturated heterocycles. The van der Waals surface area contributed by atoms with Crippen LogP contribution in [-0.2, 0) is 19.1 Å². The zero-order valence-corrected chi connectivity index (χ0v) is 15.2. The Morgan fingerprint density at radius 3 is 2.54 bits per heavy atom. The third-order valence-corrected chi connectivity index (χ3v) is 5.12. The lowest BCUT2D eigenvalue weighted by Crippen LogP contribution is -2.39. The summed E-state index contributed by atoms with van der Waals surface area (Å²) < 4.78 is 5.15. The molecule has 1 heterocycles. The third kappa shape index (κ3) is 4.62. The lowest BCUT2D eigenvalue weighted by Gasteiger charge is -2.22. The molecule has 6 nitrogen and oxygen atoms in total. The summed E-state index contributed by atoms with van der Waals surface area (Å²) in [5.41, 5.74) is 1.89. The van der Waals surface area contributed by atoms with Crippen molar-refractivity contribution in [2.45, 2.75) is 51.5 Å². The number of carbonyl (C=O) groups is 3. The molecule has 26 heavy (non-hydrogen) atoms. The minimum absolute atomic E-state index is 0.0949. The van der Waals surface area contributed by atoms with E-state index in [0.29, 0.717) is 6.54 Å². The summed E-state index contributed by atoms with van der Waals surface area (Å²) >= 11 is 0. The zero-order valence-electron chi connectivity index (χ0n) is 15.2. The number of anilines is 1. The molecule has 1 atom stereocenters. The van der Waals surface area contributed by atoms with Crippen molar-refractivity contribution in [2.75, 3.05) is 18.1 Å². The third-order valence-electron chi connectivity index (χ3n) is 5.12. The van der Waals surface area contributed by atoms with Crippen molar-refractivity contribution in [1.82, 2.24) is 5.32 Å². The normalized spacial score (nSPS) is 20.9. The van der Waals surface area contributed by atoms with Crippen molar-refractivity contribution in [3.8, 4) is 0 Å². The molecular weight excluding hydrogens is 332 g/mol. The summed E-state index contributed by atoms with van der Waals surface area (Å²) in [7, 11) is 0. The Morgan fingerprint density at radius 1 is 1.15 bits per heavy atom. The molecule has 0 radical (unpaired) electrons. The van der Waals surface area contributed by atoms with Crippen LogP contribution in [-0.4, -0.2) is 37.0 Å². The highest BCUT2D eigenvalue weighted by molar-refractivity contribution is 5.99. The van der Waals surface area contributed by atoms with Gasteiger partial charge in [0.2, 0.25) is 5.91 Å². The largest absolute Gasteiger partial charge is 0.455 e. The van der Waals surface area contributed by atoms with Crippen molar-refractivity contribution in [1.29, 1.82) is 0 Å². The quantitative estimate of drug-likeness (QED) is 0.820. The molecule has 2 fully saturated rings. The maximum Gasteiger partial charge on any atom is 0.311 e. The van der Waals surface area contributed by atoms with E-state index in [4.69, 9.17) is 4.74 Å². The number of hydrogen-bond acceptors (Lipinski definition) is 4. The van der Waals surface area contributed by atoms with Crippen LogP contribution in [0.25, 0.3) is 0 Å². The van der Waals surface area contributed by atoms with Gasteiger partial charge in [-0.05, 0) is 31.9 Å². The SMILES string of the molecule is Cc1ccc(N2C[C@@H](C(=O)OCC(=O)NC3CCCCC3)CC2=O)cc1. The highest BCUT2D eigenvalue weighted by Crippen LogP contribution is 2.26. The Hall–Kier alpha value is -2.37. The van der Waals surface area contributed by atoms with Crippen molar-refractivity contribution in [2.24, 2.45) is 5.92 Å². The predicted octanol–water partition coefficient (Wildman–Crippen LogP) is 2.34. The van der Waals surface area contributed by atoms with E-state index in [9.17, 15) is 14.4 Å². The summed E-state index contributed by atoms with van der Waals surface area (Å²) in [5, 5.41) is 2.92. The number of benzene rings is 1. The molecule has 140 valence electrons. The molecule has 6 heteroatoms. The Kier molecular flexibility index (Phi) is 5.91. The molecule has 1 aliphatic carbocycles. The van der Waals surface area contributed by atoms with Crippen LogP contribution >= 0.6 is 0 Å². The fraction of sp³-hybridized carbons (Fsp3) is 0.550. The van der Waals surface area contributed by atoms with Gasteiger partial charge in [0.1, 0.15) is 0 Å². The van der Waals surface area contributed by atoms with Gasteiger partial charge in [0.25, 0.3) is 5.91 Å². The molecule has 1 saturated carbocycles. The maximum absolute atomic E-state index is 12.2. The molecule has 1 aromatic rings. The second-order valence-corrected chi connectivity index (χ2v) is 7.25. The smallest absolute Gasteiger partial charge is 0.311 e. The number of rotatable bonds is 5. The highest BCUT2D eigenvalue weighted by Gasteiger charge is 2.36. The Labute approximate surface area is 153 Å². The van der Waals surface area contributed by atoms with Gasteiger partial charge in [-0.3, -0.25) is 14.4 Å². The van der Waals surface area contributed by atoms with Gasteiger partial charge in [-0.15, -0.1) is 0 Å². The highest BCUT2D eigenvalue weighted by atomic mass is 16.5. The standard InChI is InChI=1S/C20H26N2O4/c1-14-7-9-17(10-8-14)22-12-15(11-19(22)24)20(25)26-13-18(23)21-16-5-3-2-4-6-16/h7-10,15-16H,2-6,11-13H2,1H3,(H,21,23)/t15-/m0/s1. The molecule has 2 amide bonds. The number of ether oxygens (including phenoxy) is 1. The van der Waals surface area contributed by atoms with Crippen molar-refractivity contribution < 1.29 is 19.1 Å². The average molecular weight is 358 g/mol. The van der Waals surface area contributed by atoms with E-state index in [2.05, 4.69) is 5.32 Å². The van der Waals surface area contributed by atoms with Crippen LogP contribution in [0.15, 0.2) is 24.3 Å². The van der Waals surface area contributed by atoms with Gasteiger partial charge in [0.05, 0.1) is 5.92 Å². The Bertz CT molecular complexity index is 665. The number of esters is 1. The predicted molar refractivity (Wildman–Crippen MR) is 97.6 cm³/mol. The summed E-state index contributed by atoms with van der Waals surface area (Å²) in [4.78, 5) is 38.0. The summed E-state index contributed by atoms with van der Waals surface area (Å²) in [6.07, 6.45) is 5.57. The van der Waals surface area contributed by atoms with Gasteiger partial charge < -0.3 is 15.0 Å². The first-order valence-electron chi connectivity index (χ1n) is 9.36. The van der Waals surface area contributed by atoms with E-state index in [1.807, 2.05) is 31.2 Å². The van der Waals surface area contributed by atoms with Gasteiger partial charge in [0, 0.05) is 24.7 Å². The first kappa shape index (κ1) is 18.4. The monoisotopic (exact) mass is 358 g/mol. The van der Waals surface area contributed by atoms with Crippen molar-refractivity contribution in [3.05, 3.63) is 29.8 Å². The summed E-state index contributed by atoms with van der Waals surface area (Å²) in [5.74, 6) is -1.36. The molecule has 0 bridgehead atoms. The maximum atomic E-state index is 12.2. The van der Waals surface area contributed by atoms with Gasteiger partial charge in [-0.25, -0.2) is 0 Å². The molecule has 1 aromatic carbocycles. The number of hydrogen-bond donors (Lipinski definition) is 1. The molecule has 0 unspecified atom stereocenters. The van der Waals surface area contributed by atoms with E-state index < -0.39 is 11.9 Å². The number of amides is 2. The fourth-order valence-corrected chi connectivity index (χ4v) is 3.61.